The minimum Gasteiger partial charge on any atom is -0.479 e. The second kappa shape index (κ2) is 4.29. The molecule has 5 heteroatoms. The number of amides is 1. The normalized spacial score (nSPS) is 27.0. The molecule has 0 spiro atoms. The Morgan fingerprint density at radius 3 is 2.29 bits per heavy atom. The van der Waals surface area contributed by atoms with Crippen LogP contribution in [0.5, 0.6) is 0 Å². The summed E-state index contributed by atoms with van der Waals surface area (Å²) in [6.07, 6.45) is 1.20. The summed E-state index contributed by atoms with van der Waals surface area (Å²) in [6.45, 7) is 7.63. The topological polar surface area (TPSA) is 83.6 Å². The molecule has 0 saturated carbocycles. The summed E-state index contributed by atoms with van der Waals surface area (Å²) >= 11 is 0. The van der Waals surface area contributed by atoms with Crippen LogP contribution in [0.2, 0.25) is 0 Å². The lowest BCUT2D eigenvalue weighted by Crippen LogP contribution is -2.62. The van der Waals surface area contributed by atoms with E-state index in [9.17, 15) is 14.7 Å². The predicted octanol–water partition coefficient (Wildman–Crippen LogP) is 0.825. The van der Waals surface area contributed by atoms with Crippen molar-refractivity contribution in [1.82, 2.24) is 4.90 Å². The van der Waals surface area contributed by atoms with Crippen LogP contribution < -0.4 is 5.73 Å². The first-order valence-corrected chi connectivity index (χ1v) is 5.95. The molecule has 17 heavy (non-hydrogen) atoms. The van der Waals surface area contributed by atoms with E-state index in [0.717, 1.165) is 0 Å². The highest BCUT2D eigenvalue weighted by Crippen LogP contribution is 2.44. The number of nitrogens with zero attached hydrogens (tertiary/aromatic N) is 1. The molecule has 0 aromatic rings. The SMILES string of the molecule is C[C@H](N)C(=O)N1CCC[C@]1(C(=O)O)C(C)(C)C. The van der Waals surface area contributed by atoms with Gasteiger partial charge in [0.15, 0.2) is 0 Å². The molecular weight excluding hydrogens is 220 g/mol. The van der Waals surface area contributed by atoms with E-state index in [2.05, 4.69) is 0 Å². The Hall–Kier alpha value is -1.10. The zero-order chi connectivity index (χ0) is 13.4. The van der Waals surface area contributed by atoms with E-state index in [0.29, 0.717) is 19.4 Å². The largest absolute Gasteiger partial charge is 0.479 e. The first-order chi connectivity index (χ1) is 7.64. The van der Waals surface area contributed by atoms with Gasteiger partial charge in [-0.15, -0.1) is 0 Å². The first-order valence-electron chi connectivity index (χ1n) is 5.95. The number of hydrogen-bond donors (Lipinski definition) is 2. The quantitative estimate of drug-likeness (QED) is 0.751. The van der Waals surface area contributed by atoms with Crippen molar-refractivity contribution in [2.75, 3.05) is 6.54 Å². The molecule has 1 amide bonds. The van der Waals surface area contributed by atoms with Crippen molar-refractivity contribution in [3.8, 4) is 0 Å². The van der Waals surface area contributed by atoms with Crippen LogP contribution in [0.3, 0.4) is 0 Å². The fourth-order valence-electron chi connectivity index (χ4n) is 2.69. The number of carboxylic acid groups (broad SMARTS) is 1. The average Bonchev–Trinajstić information content (AvgIpc) is 2.59. The fourth-order valence-corrected chi connectivity index (χ4v) is 2.69. The summed E-state index contributed by atoms with van der Waals surface area (Å²) in [5.41, 5.74) is 3.95. The highest BCUT2D eigenvalue weighted by Gasteiger charge is 2.57. The second-order valence-corrected chi connectivity index (χ2v) is 5.80. The van der Waals surface area contributed by atoms with E-state index >= 15 is 0 Å². The third-order valence-electron chi connectivity index (χ3n) is 3.63. The molecule has 0 aromatic carbocycles. The zero-order valence-electron chi connectivity index (χ0n) is 11.0. The summed E-state index contributed by atoms with van der Waals surface area (Å²) in [4.78, 5) is 25.2. The molecule has 0 aliphatic carbocycles. The lowest BCUT2D eigenvalue weighted by Gasteiger charge is -2.45. The maximum Gasteiger partial charge on any atom is 0.330 e. The van der Waals surface area contributed by atoms with E-state index in [4.69, 9.17) is 5.73 Å². The number of carbonyl (C=O) groups is 2. The monoisotopic (exact) mass is 242 g/mol. The molecule has 1 fully saturated rings. The Labute approximate surface area is 102 Å². The Morgan fingerprint density at radius 2 is 1.94 bits per heavy atom. The summed E-state index contributed by atoms with van der Waals surface area (Å²) in [7, 11) is 0. The maximum atomic E-state index is 12.0. The summed E-state index contributed by atoms with van der Waals surface area (Å²) in [6, 6.07) is -0.658. The van der Waals surface area contributed by atoms with Gasteiger partial charge in [0, 0.05) is 6.54 Å². The van der Waals surface area contributed by atoms with Crippen LogP contribution in [0.1, 0.15) is 40.5 Å². The molecule has 1 rings (SSSR count). The molecular formula is C12H22N2O3. The van der Waals surface area contributed by atoms with Crippen molar-refractivity contribution in [2.24, 2.45) is 11.1 Å². The summed E-state index contributed by atoms with van der Waals surface area (Å²) in [5, 5.41) is 9.57. The Morgan fingerprint density at radius 1 is 1.41 bits per heavy atom. The van der Waals surface area contributed by atoms with Crippen LogP contribution in [-0.2, 0) is 9.59 Å². The van der Waals surface area contributed by atoms with Crippen molar-refractivity contribution in [2.45, 2.75) is 52.1 Å². The van der Waals surface area contributed by atoms with Gasteiger partial charge < -0.3 is 15.7 Å². The van der Waals surface area contributed by atoms with Crippen LogP contribution in [0.15, 0.2) is 0 Å². The van der Waals surface area contributed by atoms with Crippen LogP contribution in [0, 0.1) is 5.41 Å². The molecule has 98 valence electrons. The van der Waals surface area contributed by atoms with Gasteiger partial charge in [-0.05, 0) is 25.2 Å². The van der Waals surface area contributed by atoms with Crippen LogP contribution in [-0.4, -0.2) is 40.0 Å². The van der Waals surface area contributed by atoms with E-state index in [1.807, 2.05) is 20.8 Å². The first kappa shape index (κ1) is 14.0. The molecule has 0 bridgehead atoms. The molecule has 1 aliphatic heterocycles. The van der Waals surface area contributed by atoms with Crippen molar-refractivity contribution in [3.05, 3.63) is 0 Å². The number of nitrogens with two attached hydrogens (primary N) is 1. The Bertz CT molecular complexity index is 333. The highest BCUT2D eigenvalue weighted by molar-refractivity contribution is 5.90. The Kier molecular flexibility index (Phi) is 3.52. The number of rotatable bonds is 2. The molecule has 0 radical (unpaired) electrons. The summed E-state index contributed by atoms with van der Waals surface area (Å²) in [5.74, 6) is -1.21. The number of carbonyl (C=O) groups excluding carboxylic acids is 1. The molecule has 1 aliphatic rings. The molecule has 3 N–H and O–H groups in total. The van der Waals surface area contributed by atoms with Crippen LogP contribution in [0.4, 0.5) is 0 Å². The Balaban J connectivity index is 3.22. The smallest absolute Gasteiger partial charge is 0.330 e. The van der Waals surface area contributed by atoms with Crippen LogP contribution >= 0.6 is 0 Å². The third kappa shape index (κ3) is 2.04. The van der Waals surface area contributed by atoms with E-state index in [1.165, 1.54) is 4.90 Å². The lowest BCUT2D eigenvalue weighted by atomic mass is 9.71. The molecule has 0 unspecified atom stereocenters. The van der Waals surface area contributed by atoms with Crippen molar-refractivity contribution >= 4 is 11.9 Å². The maximum absolute atomic E-state index is 12.0. The van der Waals surface area contributed by atoms with Crippen LogP contribution in [0.25, 0.3) is 0 Å². The molecule has 1 saturated heterocycles. The van der Waals surface area contributed by atoms with Gasteiger partial charge in [-0.25, -0.2) is 4.79 Å². The van der Waals surface area contributed by atoms with Crippen molar-refractivity contribution in [1.29, 1.82) is 0 Å². The third-order valence-corrected chi connectivity index (χ3v) is 3.63. The van der Waals surface area contributed by atoms with E-state index < -0.39 is 23.0 Å². The molecule has 2 atom stereocenters. The number of aliphatic carboxylic acids is 1. The summed E-state index contributed by atoms with van der Waals surface area (Å²) < 4.78 is 0. The average molecular weight is 242 g/mol. The van der Waals surface area contributed by atoms with Crippen molar-refractivity contribution in [3.63, 3.8) is 0 Å². The number of carboxylic acids is 1. The highest BCUT2D eigenvalue weighted by atomic mass is 16.4. The minimum atomic E-state index is -1.13. The van der Waals surface area contributed by atoms with E-state index in [-0.39, 0.29) is 5.91 Å². The standard InChI is InChI=1S/C12H22N2O3/c1-8(13)9(15)14-7-5-6-12(14,10(16)17)11(2,3)4/h8H,5-7,13H2,1-4H3,(H,16,17)/t8-,12-/m0/s1. The molecule has 0 aromatic heterocycles. The van der Waals surface area contributed by atoms with Gasteiger partial charge in [0.05, 0.1) is 6.04 Å². The molecule has 5 nitrogen and oxygen atoms in total. The van der Waals surface area contributed by atoms with Gasteiger partial charge >= 0.3 is 5.97 Å². The fraction of sp³-hybridized carbons (Fsp3) is 0.833. The zero-order valence-corrected chi connectivity index (χ0v) is 11.0. The molecule has 1 heterocycles. The number of likely N-dealkylation sites (tertiary alicyclic amines) is 1. The lowest BCUT2D eigenvalue weighted by molar-refractivity contribution is -0.164. The van der Waals surface area contributed by atoms with E-state index in [1.54, 1.807) is 6.92 Å². The minimum absolute atomic E-state index is 0.278. The van der Waals surface area contributed by atoms with Gasteiger partial charge in [0.25, 0.3) is 0 Å². The van der Waals surface area contributed by atoms with Gasteiger partial charge in [-0.2, -0.15) is 0 Å². The predicted molar refractivity (Wildman–Crippen MR) is 64.4 cm³/mol. The number of hydrogen-bond acceptors (Lipinski definition) is 3. The van der Waals surface area contributed by atoms with Gasteiger partial charge in [0.1, 0.15) is 5.54 Å². The second-order valence-electron chi connectivity index (χ2n) is 5.80. The van der Waals surface area contributed by atoms with Gasteiger partial charge in [-0.1, -0.05) is 20.8 Å². The van der Waals surface area contributed by atoms with Gasteiger partial charge in [-0.3, -0.25) is 4.79 Å². The van der Waals surface area contributed by atoms with Crippen molar-refractivity contribution < 1.29 is 14.7 Å². The van der Waals surface area contributed by atoms with Gasteiger partial charge in [0.2, 0.25) is 5.91 Å².